The summed E-state index contributed by atoms with van der Waals surface area (Å²) in [5.41, 5.74) is 0. The molecule has 11 heavy (non-hydrogen) atoms. The van der Waals surface area contributed by atoms with Crippen molar-refractivity contribution in [2.24, 2.45) is 4.99 Å². The van der Waals surface area contributed by atoms with Gasteiger partial charge in [0.2, 0.25) is 6.08 Å². The molecule has 0 aliphatic carbocycles. The fraction of sp³-hybridized carbons (Fsp3) is 0.375. The van der Waals surface area contributed by atoms with Gasteiger partial charge >= 0.3 is 0 Å². The molecule has 0 spiro atoms. The highest BCUT2D eigenvalue weighted by molar-refractivity contribution is 7.15. The van der Waals surface area contributed by atoms with Gasteiger partial charge in [-0.15, -0.1) is 11.3 Å². The van der Waals surface area contributed by atoms with Gasteiger partial charge in [0.05, 0.1) is 0 Å². The van der Waals surface area contributed by atoms with E-state index in [0.717, 1.165) is 5.00 Å². The Labute approximate surface area is 69.6 Å². The predicted octanol–water partition coefficient (Wildman–Crippen LogP) is 2.84. The summed E-state index contributed by atoms with van der Waals surface area (Å²) in [7, 11) is 0. The Balaban J connectivity index is 2.90. The first-order valence-corrected chi connectivity index (χ1v) is 4.23. The maximum Gasteiger partial charge on any atom is 0.241 e. The zero-order valence-electron chi connectivity index (χ0n) is 6.50. The van der Waals surface area contributed by atoms with E-state index in [1.807, 2.05) is 12.1 Å². The predicted molar refractivity (Wildman–Crippen MR) is 46.2 cm³/mol. The highest BCUT2D eigenvalue weighted by Gasteiger charge is 2.01. The van der Waals surface area contributed by atoms with Crippen LogP contribution in [-0.2, 0) is 4.79 Å². The smallest absolute Gasteiger partial charge is 0.211 e. The molecule has 1 aromatic rings. The Morgan fingerprint density at radius 3 is 2.73 bits per heavy atom. The van der Waals surface area contributed by atoms with Gasteiger partial charge < -0.3 is 0 Å². The Bertz CT molecular complexity index is 284. The maximum atomic E-state index is 9.87. The van der Waals surface area contributed by atoms with Crippen molar-refractivity contribution >= 4 is 22.4 Å². The Kier molecular flexibility index (Phi) is 2.58. The van der Waals surface area contributed by atoms with Gasteiger partial charge in [0, 0.05) is 4.88 Å². The SMILES string of the molecule is CC(C)c1ccc(N=C=O)s1. The normalized spacial score (nSPS) is 9.73. The molecule has 0 saturated carbocycles. The number of carbonyl (C=O) groups excluding carboxylic acids is 1. The molecule has 1 aromatic heterocycles. The van der Waals surface area contributed by atoms with E-state index in [-0.39, 0.29) is 0 Å². The van der Waals surface area contributed by atoms with Gasteiger partial charge in [0.25, 0.3) is 0 Å². The molecule has 0 radical (unpaired) electrons. The molecule has 0 bridgehead atoms. The van der Waals surface area contributed by atoms with E-state index in [1.54, 1.807) is 0 Å². The third-order valence-corrected chi connectivity index (χ3v) is 2.62. The van der Waals surface area contributed by atoms with Gasteiger partial charge in [0.1, 0.15) is 5.00 Å². The first-order valence-electron chi connectivity index (χ1n) is 3.41. The van der Waals surface area contributed by atoms with Crippen LogP contribution in [0.25, 0.3) is 0 Å². The Morgan fingerprint density at radius 1 is 1.55 bits per heavy atom. The van der Waals surface area contributed by atoms with Crippen molar-refractivity contribution in [2.75, 3.05) is 0 Å². The summed E-state index contributed by atoms with van der Waals surface area (Å²) in [4.78, 5) is 14.6. The first kappa shape index (κ1) is 8.18. The lowest BCUT2D eigenvalue weighted by atomic mass is 10.2. The first-order chi connectivity index (χ1) is 5.24. The van der Waals surface area contributed by atoms with Gasteiger partial charge in [-0.05, 0) is 18.1 Å². The van der Waals surface area contributed by atoms with Crippen LogP contribution in [0.4, 0.5) is 5.00 Å². The van der Waals surface area contributed by atoms with E-state index >= 15 is 0 Å². The fourth-order valence-corrected chi connectivity index (χ4v) is 1.59. The summed E-state index contributed by atoms with van der Waals surface area (Å²) in [5.74, 6) is 0.510. The van der Waals surface area contributed by atoms with Crippen molar-refractivity contribution in [3.05, 3.63) is 17.0 Å². The fourth-order valence-electron chi connectivity index (χ4n) is 0.758. The molecule has 0 aliphatic rings. The third-order valence-electron chi connectivity index (χ3n) is 1.34. The summed E-state index contributed by atoms with van der Waals surface area (Å²) in [6.45, 7) is 4.22. The zero-order chi connectivity index (χ0) is 8.27. The maximum absolute atomic E-state index is 9.87. The monoisotopic (exact) mass is 167 g/mol. The van der Waals surface area contributed by atoms with Crippen molar-refractivity contribution in [3.63, 3.8) is 0 Å². The molecule has 0 fully saturated rings. The van der Waals surface area contributed by atoms with Gasteiger partial charge in [-0.3, -0.25) is 0 Å². The summed E-state index contributed by atoms with van der Waals surface area (Å²) in [6.07, 6.45) is 1.52. The van der Waals surface area contributed by atoms with E-state index < -0.39 is 0 Å². The molecule has 2 nitrogen and oxygen atoms in total. The molecule has 0 unspecified atom stereocenters. The van der Waals surface area contributed by atoms with Crippen LogP contribution < -0.4 is 0 Å². The number of hydrogen-bond acceptors (Lipinski definition) is 3. The van der Waals surface area contributed by atoms with Crippen molar-refractivity contribution in [1.29, 1.82) is 0 Å². The van der Waals surface area contributed by atoms with Crippen LogP contribution in [0.2, 0.25) is 0 Å². The van der Waals surface area contributed by atoms with E-state index in [0.29, 0.717) is 5.92 Å². The quantitative estimate of drug-likeness (QED) is 0.492. The van der Waals surface area contributed by atoms with Crippen LogP contribution >= 0.6 is 11.3 Å². The molecule has 58 valence electrons. The average molecular weight is 167 g/mol. The highest BCUT2D eigenvalue weighted by Crippen LogP contribution is 2.29. The van der Waals surface area contributed by atoms with Gasteiger partial charge in [-0.2, -0.15) is 4.99 Å². The van der Waals surface area contributed by atoms with E-state index in [9.17, 15) is 4.79 Å². The molecule has 1 rings (SSSR count). The lowest BCUT2D eigenvalue weighted by Crippen LogP contribution is -1.77. The number of nitrogens with zero attached hydrogens (tertiary/aromatic N) is 1. The van der Waals surface area contributed by atoms with Crippen LogP contribution in [0.15, 0.2) is 17.1 Å². The van der Waals surface area contributed by atoms with Crippen LogP contribution in [0.5, 0.6) is 0 Å². The lowest BCUT2D eigenvalue weighted by molar-refractivity contribution is 0.565. The second-order valence-electron chi connectivity index (χ2n) is 2.53. The van der Waals surface area contributed by atoms with E-state index in [2.05, 4.69) is 18.8 Å². The standard InChI is InChI=1S/C8H9NOS/c1-6(2)7-3-4-8(11-7)9-5-10/h3-4,6H,1-2H3. The van der Waals surface area contributed by atoms with Gasteiger partial charge in [-0.25, -0.2) is 4.79 Å². The highest BCUT2D eigenvalue weighted by atomic mass is 32.1. The van der Waals surface area contributed by atoms with Crippen LogP contribution in [0.3, 0.4) is 0 Å². The molecule has 0 amide bonds. The van der Waals surface area contributed by atoms with Gasteiger partial charge in [-0.1, -0.05) is 13.8 Å². The minimum Gasteiger partial charge on any atom is -0.211 e. The third kappa shape index (κ3) is 2.00. The number of thiophene rings is 1. The summed E-state index contributed by atoms with van der Waals surface area (Å²) in [6, 6.07) is 3.83. The van der Waals surface area contributed by atoms with E-state index in [1.165, 1.54) is 22.3 Å². The van der Waals surface area contributed by atoms with Crippen molar-refractivity contribution < 1.29 is 4.79 Å². The Morgan fingerprint density at radius 2 is 2.27 bits per heavy atom. The zero-order valence-corrected chi connectivity index (χ0v) is 7.31. The second kappa shape index (κ2) is 3.46. The number of aliphatic imine (C=N–C) groups is 1. The van der Waals surface area contributed by atoms with Crippen molar-refractivity contribution in [2.45, 2.75) is 19.8 Å². The molecule has 3 heteroatoms. The van der Waals surface area contributed by atoms with Gasteiger partial charge in [0.15, 0.2) is 0 Å². The summed E-state index contributed by atoms with van der Waals surface area (Å²) in [5, 5.41) is 0.740. The lowest BCUT2D eigenvalue weighted by Gasteiger charge is -1.95. The molecule has 1 heterocycles. The second-order valence-corrected chi connectivity index (χ2v) is 3.63. The molecular formula is C8H9NOS. The van der Waals surface area contributed by atoms with Crippen LogP contribution in [0, 0.1) is 0 Å². The number of hydrogen-bond donors (Lipinski definition) is 0. The topological polar surface area (TPSA) is 29.4 Å². The number of rotatable bonds is 2. The molecular weight excluding hydrogens is 158 g/mol. The molecule has 0 N–H and O–H groups in total. The average Bonchev–Trinajstić information content (AvgIpc) is 2.37. The summed E-state index contributed by atoms with van der Waals surface area (Å²) >= 11 is 1.54. The van der Waals surface area contributed by atoms with Crippen molar-refractivity contribution in [1.82, 2.24) is 0 Å². The van der Waals surface area contributed by atoms with E-state index in [4.69, 9.17) is 0 Å². The molecule has 0 aliphatic heterocycles. The van der Waals surface area contributed by atoms with Crippen molar-refractivity contribution in [3.8, 4) is 0 Å². The Hall–Kier alpha value is -0.920. The minimum absolute atomic E-state index is 0.510. The van der Waals surface area contributed by atoms with Crippen LogP contribution in [-0.4, -0.2) is 6.08 Å². The molecule has 0 aromatic carbocycles. The summed E-state index contributed by atoms with van der Waals surface area (Å²) < 4.78 is 0. The van der Waals surface area contributed by atoms with Crippen LogP contribution in [0.1, 0.15) is 24.6 Å². The molecule has 0 atom stereocenters. The number of isocyanates is 1. The minimum atomic E-state index is 0.510. The molecule has 0 saturated heterocycles. The largest absolute Gasteiger partial charge is 0.241 e.